The van der Waals surface area contributed by atoms with Crippen molar-refractivity contribution >= 4 is 23.4 Å². The minimum absolute atomic E-state index is 0.263. The maximum Gasteiger partial charge on any atom is 0.337 e. The van der Waals surface area contributed by atoms with Gasteiger partial charge in [-0.2, -0.15) is 0 Å². The second kappa shape index (κ2) is 10.4. The third-order valence-corrected chi connectivity index (χ3v) is 5.35. The number of Topliss-reactive ketones (excluding diaryl/α,β-unsaturated/α-hetero) is 1. The second-order valence-corrected chi connectivity index (χ2v) is 7.23. The molecule has 2 unspecified atom stereocenters. The molecular weight excluding hydrogens is 406 g/mol. The molecule has 0 amide bonds. The molecule has 3 aromatic carbocycles. The quantitative estimate of drug-likeness (QED) is 0.403. The van der Waals surface area contributed by atoms with Gasteiger partial charge in [0.15, 0.2) is 11.3 Å². The van der Waals surface area contributed by atoms with Crippen LogP contribution in [0.3, 0.4) is 0 Å². The molecule has 0 radical (unpaired) electrons. The number of nitrogens with one attached hydrogen (secondary N) is 1. The molecule has 6 heteroatoms. The highest BCUT2D eigenvalue weighted by molar-refractivity contribution is 6.01. The molecule has 32 heavy (non-hydrogen) atoms. The minimum Gasteiger partial charge on any atom is -0.469 e. The number of methoxy groups -OCH3 is 2. The van der Waals surface area contributed by atoms with Crippen molar-refractivity contribution in [1.29, 1.82) is 0 Å². The second-order valence-electron chi connectivity index (χ2n) is 7.23. The smallest absolute Gasteiger partial charge is 0.337 e. The van der Waals surface area contributed by atoms with E-state index in [0.717, 1.165) is 0 Å². The summed E-state index contributed by atoms with van der Waals surface area (Å²) in [6.45, 7) is 0. The number of rotatable bonds is 9. The third kappa shape index (κ3) is 4.70. The van der Waals surface area contributed by atoms with Crippen LogP contribution in [0.5, 0.6) is 0 Å². The Labute approximate surface area is 187 Å². The summed E-state index contributed by atoms with van der Waals surface area (Å²) in [5, 5.41) is 3.20. The first-order valence-electron chi connectivity index (χ1n) is 10.2. The van der Waals surface area contributed by atoms with Crippen molar-refractivity contribution in [2.24, 2.45) is 5.92 Å². The lowest BCUT2D eigenvalue weighted by Gasteiger charge is -2.38. The lowest BCUT2D eigenvalue weighted by molar-refractivity contribution is -0.158. The summed E-state index contributed by atoms with van der Waals surface area (Å²) in [6, 6.07) is 26.4. The number of hydrogen-bond acceptors (Lipinski definition) is 6. The third-order valence-electron chi connectivity index (χ3n) is 5.35. The van der Waals surface area contributed by atoms with Gasteiger partial charge in [0.25, 0.3) is 0 Å². The number of anilines is 1. The Hall–Kier alpha value is -3.93. The molecule has 0 saturated carbocycles. The first-order valence-corrected chi connectivity index (χ1v) is 10.2. The normalized spacial score (nSPS) is 13.3. The highest BCUT2D eigenvalue weighted by Gasteiger charge is 2.53. The van der Waals surface area contributed by atoms with Crippen LogP contribution in [-0.4, -0.2) is 31.9 Å². The Balaban J connectivity index is 2.19. The van der Waals surface area contributed by atoms with Crippen molar-refractivity contribution in [3.63, 3.8) is 0 Å². The average Bonchev–Trinajstić information content (AvgIpc) is 2.86. The Bertz CT molecular complexity index is 1050. The molecule has 0 heterocycles. The fourth-order valence-electron chi connectivity index (χ4n) is 3.77. The summed E-state index contributed by atoms with van der Waals surface area (Å²) in [5.74, 6) is -2.90. The van der Waals surface area contributed by atoms with Gasteiger partial charge in [0, 0.05) is 17.7 Å². The van der Waals surface area contributed by atoms with Gasteiger partial charge in [-0.1, -0.05) is 78.9 Å². The van der Waals surface area contributed by atoms with Gasteiger partial charge in [-0.25, -0.2) is 4.79 Å². The minimum atomic E-state index is -1.70. The number of ether oxygens (including phenoxy) is 2. The van der Waals surface area contributed by atoms with Crippen LogP contribution >= 0.6 is 0 Å². The molecule has 0 spiro atoms. The monoisotopic (exact) mass is 431 g/mol. The van der Waals surface area contributed by atoms with Crippen LogP contribution in [0.15, 0.2) is 91.0 Å². The molecule has 1 N–H and O–H groups in total. The van der Waals surface area contributed by atoms with Crippen LogP contribution < -0.4 is 5.32 Å². The van der Waals surface area contributed by atoms with Crippen LogP contribution in [0, 0.1) is 5.92 Å². The first-order chi connectivity index (χ1) is 15.5. The molecule has 0 saturated heterocycles. The number of carbonyl (C=O) groups excluding carboxylic acids is 3. The van der Waals surface area contributed by atoms with E-state index >= 15 is 0 Å². The van der Waals surface area contributed by atoms with E-state index in [1.54, 1.807) is 84.9 Å². The van der Waals surface area contributed by atoms with Crippen molar-refractivity contribution in [3.05, 3.63) is 102 Å². The predicted octanol–water partition coefficient (Wildman–Crippen LogP) is 4.23. The lowest BCUT2D eigenvalue weighted by atomic mass is 9.74. The molecule has 0 aliphatic carbocycles. The van der Waals surface area contributed by atoms with E-state index in [-0.39, 0.29) is 12.2 Å². The highest BCUT2D eigenvalue weighted by atomic mass is 16.5. The Kier molecular flexibility index (Phi) is 7.39. The number of carbonyl (C=O) groups is 3. The van der Waals surface area contributed by atoms with Crippen LogP contribution in [0.4, 0.5) is 5.69 Å². The van der Waals surface area contributed by atoms with E-state index in [9.17, 15) is 14.4 Å². The van der Waals surface area contributed by atoms with Gasteiger partial charge in [0.1, 0.15) is 5.92 Å². The topological polar surface area (TPSA) is 81.7 Å². The standard InChI is InChI=1S/C26H25NO5/c1-31-24(29)22(18-23(28)19-12-6-3-7-13-19)26(25(30)32-2,20-14-8-4-9-15-20)27-21-16-10-5-11-17-21/h3-17,22,27H,18H2,1-2H3. The molecule has 0 aliphatic rings. The van der Waals surface area contributed by atoms with E-state index in [1.807, 2.05) is 6.07 Å². The van der Waals surface area contributed by atoms with E-state index in [1.165, 1.54) is 14.2 Å². The van der Waals surface area contributed by atoms with Crippen LogP contribution in [0.1, 0.15) is 22.3 Å². The van der Waals surface area contributed by atoms with Crippen LogP contribution in [0.2, 0.25) is 0 Å². The predicted molar refractivity (Wildman–Crippen MR) is 121 cm³/mol. The first kappa shape index (κ1) is 22.7. The van der Waals surface area contributed by atoms with Crippen molar-refractivity contribution in [2.45, 2.75) is 12.0 Å². The Morgan fingerprint density at radius 3 is 1.84 bits per heavy atom. The summed E-state index contributed by atoms with van der Waals surface area (Å²) in [4.78, 5) is 39.6. The average molecular weight is 431 g/mol. The maximum absolute atomic E-state index is 13.4. The maximum atomic E-state index is 13.4. The summed E-state index contributed by atoms with van der Waals surface area (Å²) in [6.07, 6.45) is -0.263. The number of hydrogen-bond donors (Lipinski definition) is 1. The summed E-state index contributed by atoms with van der Waals surface area (Å²) in [5.41, 5.74) is -0.197. The fourth-order valence-corrected chi connectivity index (χ4v) is 3.77. The Morgan fingerprint density at radius 2 is 1.31 bits per heavy atom. The van der Waals surface area contributed by atoms with Gasteiger partial charge in [-0.15, -0.1) is 0 Å². The lowest BCUT2D eigenvalue weighted by Crippen LogP contribution is -2.54. The number of ketones is 1. The molecule has 0 aromatic heterocycles. The highest BCUT2D eigenvalue weighted by Crippen LogP contribution is 2.38. The fraction of sp³-hybridized carbons (Fsp3) is 0.192. The van der Waals surface area contributed by atoms with E-state index in [2.05, 4.69) is 5.32 Å². The van der Waals surface area contributed by atoms with Crippen molar-refractivity contribution in [1.82, 2.24) is 0 Å². The Morgan fingerprint density at radius 1 is 0.781 bits per heavy atom. The zero-order valence-electron chi connectivity index (χ0n) is 18.0. The molecule has 3 rings (SSSR count). The molecule has 0 bridgehead atoms. The molecule has 6 nitrogen and oxygen atoms in total. The number of esters is 2. The van der Waals surface area contributed by atoms with Gasteiger partial charge in [-0.3, -0.25) is 9.59 Å². The van der Waals surface area contributed by atoms with Crippen molar-refractivity contribution < 1.29 is 23.9 Å². The molecular formula is C26H25NO5. The molecule has 3 aromatic rings. The molecule has 2 atom stereocenters. The number of benzene rings is 3. The summed E-state index contributed by atoms with van der Waals surface area (Å²) >= 11 is 0. The summed E-state index contributed by atoms with van der Waals surface area (Å²) in [7, 11) is 2.48. The van der Waals surface area contributed by atoms with Crippen LogP contribution in [0.25, 0.3) is 0 Å². The van der Waals surface area contributed by atoms with E-state index < -0.39 is 23.4 Å². The van der Waals surface area contributed by atoms with Gasteiger partial charge >= 0.3 is 11.9 Å². The van der Waals surface area contributed by atoms with Crippen LogP contribution in [-0.2, 0) is 24.6 Å². The van der Waals surface area contributed by atoms with Crippen molar-refractivity contribution in [2.75, 3.05) is 19.5 Å². The van der Waals surface area contributed by atoms with Gasteiger partial charge < -0.3 is 14.8 Å². The largest absolute Gasteiger partial charge is 0.469 e. The molecule has 0 aliphatic heterocycles. The summed E-state index contributed by atoms with van der Waals surface area (Å²) < 4.78 is 10.3. The zero-order chi connectivity index (χ0) is 23.0. The number of para-hydroxylation sites is 1. The van der Waals surface area contributed by atoms with Crippen molar-refractivity contribution in [3.8, 4) is 0 Å². The molecule has 164 valence electrons. The zero-order valence-corrected chi connectivity index (χ0v) is 18.0. The van der Waals surface area contributed by atoms with Gasteiger partial charge in [-0.05, 0) is 17.7 Å². The van der Waals surface area contributed by atoms with Gasteiger partial charge in [0.2, 0.25) is 0 Å². The van der Waals surface area contributed by atoms with Gasteiger partial charge in [0.05, 0.1) is 14.2 Å². The molecule has 0 fully saturated rings. The SMILES string of the molecule is COC(=O)C(CC(=O)c1ccccc1)C(Nc1ccccc1)(C(=O)OC)c1ccccc1. The van der Waals surface area contributed by atoms with E-state index in [0.29, 0.717) is 16.8 Å². The van der Waals surface area contributed by atoms with E-state index in [4.69, 9.17) is 9.47 Å².